The molecule has 1 aliphatic rings. The van der Waals surface area contributed by atoms with E-state index < -0.39 is 11.7 Å². The smallest absolute Gasteiger partial charge is 0.370 e. The van der Waals surface area contributed by atoms with Gasteiger partial charge in [0.2, 0.25) is 0 Å². The molecule has 0 spiro atoms. The summed E-state index contributed by atoms with van der Waals surface area (Å²) in [6.45, 7) is 3.78. The monoisotopic (exact) mass is 307 g/mol. The lowest BCUT2D eigenvalue weighted by Gasteiger charge is -2.15. The van der Waals surface area contributed by atoms with Crippen LogP contribution < -0.4 is 5.32 Å². The number of pyridine rings is 1. The predicted molar refractivity (Wildman–Crippen MR) is 73.0 cm³/mol. The van der Waals surface area contributed by atoms with Crippen LogP contribution in [0.1, 0.15) is 24.8 Å². The lowest BCUT2D eigenvalue weighted by molar-refractivity contribution is -0.137. The van der Waals surface area contributed by atoms with Crippen LogP contribution in [0, 0.1) is 0 Å². The molecule has 112 valence electrons. The van der Waals surface area contributed by atoms with Crippen LogP contribution in [0.3, 0.4) is 0 Å². The Bertz CT molecular complexity index is 445. The van der Waals surface area contributed by atoms with E-state index in [-0.39, 0.29) is 11.0 Å². The van der Waals surface area contributed by atoms with Crippen molar-refractivity contribution < 1.29 is 13.2 Å². The first-order chi connectivity index (χ1) is 9.45. The lowest BCUT2D eigenvalue weighted by atomic mass is 10.2. The number of hydrogen-bond donors (Lipinski definition) is 1. The van der Waals surface area contributed by atoms with Crippen LogP contribution >= 0.6 is 11.6 Å². The molecule has 2 heterocycles. The normalized spacial score (nSPS) is 16.6. The highest BCUT2D eigenvalue weighted by atomic mass is 35.5. The largest absolute Gasteiger partial charge is 0.416 e. The molecule has 3 nitrogen and oxygen atoms in total. The van der Waals surface area contributed by atoms with Gasteiger partial charge in [-0.3, -0.25) is 0 Å². The van der Waals surface area contributed by atoms with E-state index in [1.165, 1.54) is 12.8 Å². The lowest BCUT2D eigenvalue weighted by Crippen LogP contribution is -2.22. The van der Waals surface area contributed by atoms with Crippen LogP contribution in [0.25, 0.3) is 0 Å². The van der Waals surface area contributed by atoms with E-state index in [1.54, 1.807) is 0 Å². The van der Waals surface area contributed by atoms with Crippen LogP contribution in [0.5, 0.6) is 0 Å². The number of rotatable bonds is 5. The first-order valence-electron chi connectivity index (χ1n) is 6.66. The number of aromatic nitrogens is 1. The number of alkyl halides is 3. The SMILES string of the molecule is FC(F)(F)c1cc(Cl)nc(NCCCN2CCCC2)c1. The minimum atomic E-state index is -4.40. The molecule has 2 rings (SSSR count). The van der Waals surface area contributed by atoms with Crippen molar-refractivity contribution in [3.63, 3.8) is 0 Å². The zero-order valence-corrected chi connectivity index (χ0v) is 11.8. The van der Waals surface area contributed by atoms with Crippen molar-refractivity contribution in [2.45, 2.75) is 25.4 Å². The fraction of sp³-hybridized carbons (Fsp3) is 0.615. The van der Waals surface area contributed by atoms with Crippen molar-refractivity contribution in [2.24, 2.45) is 0 Å². The van der Waals surface area contributed by atoms with E-state index in [1.807, 2.05) is 0 Å². The zero-order valence-electron chi connectivity index (χ0n) is 11.0. The fourth-order valence-electron chi connectivity index (χ4n) is 2.28. The molecule has 1 aromatic rings. The molecular weight excluding hydrogens is 291 g/mol. The van der Waals surface area contributed by atoms with Gasteiger partial charge in [0.15, 0.2) is 0 Å². The summed E-state index contributed by atoms with van der Waals surface area (Å²) in [5.41, 5.74) is -0.778. The standard InChI is InChI=1S/C13H17ClF3N3/c14-11-8-10(13(15,16)17)9-12(19-11)18-4-3-7-20-5-1-2-6-20/h8-9H,1-7H2,(H,18,19). The molecule has 0 saturated carbocycles. The van der Waals surface area contributed by atoms with E-state index in [2.05, 4.69) is 15.2 Å². The van der Waals surface area contributed by atoms with E-state index >= 15 is 0 Å². The number of hydrogen-bond acceptors (Lipinski definition) is 3. The molecule has 0 bridgehead atoms. The predicted octanol–water partition coefficient (Wildman–Crippen LogP) is 3.65. The Hall–Kier alpha value is -1.01. The van der Waals surface area contributed by atoms with Crippen molar-refractivity contribution in [2.75, 3.05) is 31.5 Å². The Morgan fingerprint density at radius 1 is 1.25 bits per heavy atom. The van der Waals surface area contributed by atoms with Gasteiger partial charge in [-0.05, 0) is 51.0 Å². The molecule has 1 aromatic heterocycles. The van der Waals surface area contributed by atoms with Gasteiger partial charge in [0.25, 0.3) is 0 Å². The summed E-state index contributed by atoms with van der Waals surface area (Å²) in [5, 5.41) is 2.75. The average molecular weight is 308 g/mol. The maximum Gasteiger partial charge on any atom is 0.416 e. The summed E-state index contributed by atoms with van der Waals surface area (Å²) in [5.74, 6) is 0.172. The third-order valence-corrected chi connectivity index (χ3v) is 3.47. The molecule has 20 heavy (non-hydrogen) atoms. The molecule has 1 aliphatic heterocycles. The first-order valence-corrected chi connectivity index (χ1v) is 7.04. The molecule has 7 heteroatoms. The third kappa shape index (κ3) is 4.52. The number of anilines is 1. The molecule has 0 aromatic carbocycles. The van der Waals surface area contributed by atoms with Crippen molar-refractivity contribution in [1.82, 2.24) is 9.88 Å². The molecule has 1 fully saturated rings. The highest BCUT2D eigenvalue weighted by Crippen LogP contribution is 2.31. The number of nitrogens with zero attached hydrogens (tertiary/aromatic N) is 2. The highest BCUT2D eigenvalue weighted by Gasteiger charge is 2.31. The number of nitrogens with one attached hydrogen (secondary N) is 1. The molecule has 0 amide bonds. The maximum atomic E-state index is 12.6. The highest BCUT2D eigenvalue weighted by molar-refractivity contribution is 6.29. The van der Waals surface area contributed by atoms with Gasteiger partial charge < -0.3 is 10.2 Å². The first kappa shape index (κ1) is 15.4. The van der Waals surface area contributed by atoms with E-state index in [4.69, 9.17) is 11.6 Å². The van der Waals surface area contributed by atoms with E-state index in [0.717, 1.165) is 38.2 Å². The Morgan fingerprint density at radius 3 is 2.60 bits per heavy atom. The molecule has 0 unspecified atom stereocenters. The summed E-state index contributed by atoms with van der Waals surface area (Å²) in [7, 11) is 0. The molecule has 0 aliphatic carbocycles. The van der Waals surface area contributed by atoms with Crippen LogP contribution in [0.4, 0.5) is 19.0 Å². The fourth-order valence-corrected chi connectivity index (χ4v) is 2.49. The number of halogens is 4. The van der Waals surface area contributed by atoms with Crippen LogP contribution in [0.2, 0.25) is 5.15 Å². The second-order valence-electron chi connectivity index (χ2n) is 4.89. The van der Waals surface area contributed by atoms with Gasteiger partial charge in [0, 0.05) is 6.54 Å². The van der Waals surface area contributed by atoms with Crippen LogP contribution in [-0.4, -0.2) is 36.1 Å². The minimum absolute atomic E-state index is 0.151. The van der Waals surface area contributed by atoms with Crippen LogP contribution in [-0.2, 0) is 6.18 Å². The molecule has 0 atom stereocenters. The number of likely N-dealkylation sites (tertiary alicyclic amines) is 1. The van der Waals surface area contributed by atoms with Crippen LogP contribution in [0.15, 0.2) is 12.1 Å². The van der Waals surface area contributed by atoms with Crippen molar-refractivity contribution >= 4 is 17.4 Å². The van der Waals surface area contributed by atoms with Crippen molar-refractivity contribution in [1.29, 1.82) is 0 Å². The van der Waals surface area contributed by atoms with Gasteiger partial charge in [-0.2, -0.15) is 13.2 Å². The Kier molecular flexibility index (Phi) is 5.10. The van der Waals surface area contributed by atoms with Crippen molar-refractivity contribution in [3.8, 4) is 0 Å². The van der Waals surface area contributed by atoms with Gasteiger partial charge in [0.05, 0.1) is 5.56 Å². The van der Waals surface area contributed by atoms with Gasteiger partial charge >= 0.3 is 6.18 Å². The maximum absolute atomic E-state index is 12.6. The second kappa shape index (κ2) is 6.63. The van der Waals surface area contributed by atoms with Crippen molar-refractivity contribution in [3.05, 3.63) is 22.8 Å². The van der Waals surface area contributed by atoms with Gasteiger partial charge in [0.1, 0.15) is 11.0 Å². The Balaban J connectivity index is 1.84. The third-order valence-electron chi connectivity index (χ3n) is 3.28. The van der Waals surface area contributed by atoms with Gasteiger partial charge in [-0.25, -0.2) is 4.98 Å². The minimum Gasteiger partial charge on any atom is -0.370 e. The quantitative estimate of drug-likeness (QED) is 0.665. The summed E-state index contributed by atoms with van der Waals surface area (Å²) in [4.78, 5) is 6.21. The van der Waals surface area contributed by atoms with E-state index in [0.29, 0.717) is 6.54 Å². The molecule has 1 N–H and O–H groups in total. The molecular formula is C13H17ClF3N3. The topological polar surface area (TPSA) is 28.2 Å². The molecule has 1 saturated heterocycles. The summed E-state index contributed by atoms with van der Waals surface area (Å²) < 4.78 is 37.9. The Morgan fingerprint density at radius 2 is 1.95 bits per heavy atom. The van der Waals surface area contributed by atoms with E-state index in [9.17, 15) is 13.2 Å². The second-order valence-corrected chi connectivity index (χ2v) is 5.28. The summed E-state index contributed by atoms with van der Waals surface area (Å²) in [6.07, 6.45) is -1.06. The van der Waals surface area contributed by atoms with Gasteiger partial charge in [-0.15, -0.1) is 0 Å². The Labute approximate surface area is 121 Å². The van der Waals surface area contributed by atoms with Gasteiger partial charge in [-0.1, -0.05) is 11.6 Å². The average Bonchev–Trinajstić information content (AvgIpc) is 2.86. The summed E-state index contributed by atoms with van der Waals surface area (Å²) >= 11 is 5.61. The zero-order chi connectivity index (χ0) is 14.6. The molecule has 0 radical (unpaired) electrons. The summed E-state index contributed by atoms with van der Waals surface area (Å²) in [6, 6.07) is 1.82.